The minimum atomic E-state index is -1.03. The highest BCUT2D eigenvalue weighted by Crippen LogP contribution is 2.34. The number of thiazole rings is 1. The molecule has 0 aliphatic rings. The Bertz CT molecular complexity index is 1110. The molecule has 1 unspecified atom stereocenters. The standard InChI is InChI=1S/C25H30N4O2S/c1-17(9-11-27-4)24-29-15-22(32-24)20-13-21(23(26)28-14-20)31-16-19-7-5-6-18(12-19)8-10-25(2,3)30/h5-7,12-15,17,27,30H,9,11,16H2,1-4H3,(H2,26,28). The van der Waals surface area contributed by atoms with Crippen LogP contribution in [0.25, 0.3) is 10.4 Å². The Balaban J connectivity index is 1.72. The summed E-state index contributed by atoms with van der Waals surface area (Å²) in [5.74, 6) is 7.08. The number of hydrogen-bond acceptors (Lipinski definition) is 7. The Hall–Kier alpha value is -2.92. The fraction of sp³-hybridized carbons (Fsp3) is 0.360. The van der Waals surface area contributed by atoms with Crippen LogP contribution >= 0.6 is 11.3 Å². The molecular formula is C25H30N4O2S. The number of nitrogens with two attached hydrogens (primary N) is 1. The quantitative estimate of drug-likeness (QED) is 0.445. The Morgan fingerprint density at radius 1 is 1.25 bits per heavy atom. The lowest BCUT2D eigenvalue weighted by molar-refractivity contribution is 0.143. The molecule has 2 aromatic heterocycles. The summed E-state index contributed by atoms with van der Waals surface area (Å²) in [7, 11) is 1.96. The van der Waals surface area contributed by atoms with Crippen LogP contribution in [0.5, 0.6) is 5.75 Å². The molecule has 0 aliphatic heterocycles. The monoisotopic (exact) mass is 450 g/mol. The number of hydrogen-bond donors (Lipinski definition) is 3. The van der Waals surface area contributed by atoms with Crippen molar-refractivity contribution in [3.63, 3.8) is 0 Å². The first-order valence-corrected chi connectivity index (χ1v) is 11.4. The number of nitrogens with one attached hydrogen (secondary N) is 1. The van der Waals surface area contributed by atoms with Crippen LogP contribution in [-0.4, -0.2) is 34.3 Å². The van der Waals surface area contributed by atoms with E-state index in [0.29, 0.717) is 24.1 Å². The van der Waals surface area contributed by atoms with Crippen LogP contribution in [-0.2, 0) is 6.61 Å². The molecule has 0 radical (unpaired) electrons. The smallest absolute Gasteiger partial charge is 0.166 e. The van der Waals surface area contributed by atoms with Crippen LogP contribution in [0.2, 0.25) is 0 Å². The van der Waals surface area contributed by atoms with Crippen molar-refractivity contribution in [1.29, 1.82) is 0 Å². The van der Waals surface area contributed by atoms with E-state index in [9.17, 15) is 5.11 Å². The van der Waals surface area contributed by atoms with Crippen molar-refractivity contribution in [3.05, 3.63) is 58.9 Å². The Kier molecular flexibility index (Phi) is 7.86. The molecule has 4 N–H and O–H groups in total. The summed E-state index contributed by atoms with van der Waals surface area (Å²) >= 11 is 1.67. The van der Waals surface area contributed by atoms with Gasteiger partial charge >= 0.3 is 0 Å². The third kappa shape index (κ3) is 6.79. The number of aromatic nitrogens is 2. The van der Waals surface area contributed by atoms with Crippen molar-refractivity contribution in [3.8, 4) is 28.0 Å². The molecule has 0 saturated heterocycles. The summed E-state index contributed by atoms with van der Waals surface area (Å²) in [6.07, 6.45) is 4.68. The van der Waals surface area contributed by atoms with Crippen LogP contribution in [0.15, 0.2) is 42.7 Å². The molecule has 7 heteroatoms. The van der Waals surface area contributed by atoms with E-state index in [4.69, 9.17) is 10.5 Å². The second-order valence-corrected chi connectivity index (χ2v) is 9.32. The summed E-state index contributed by atoms with van der Waals surface area (Å²) in [6, 6.07) is 9.63. The van der Waals surface area contributed by atoms with Crippen LogP contribution in [0.1, 0.15) is 49.2 Å². The van der Waals surface area contributed by atoms with Gasteiger partial charge in [-0.1, -0.05) is 30.9 Å². The van der Waals surface area contributed by atoms with Gasteiger partial charge in [0, 0.05) is 29.4 Å². The van der Waals surface area contributed by atoms with E-state index in [1.807, 2.05) is 43.6 Å². The number of anilines is 1. The van der Waals surface area contributed by atoms with Crippen LogP contribution < -0.4 is 15.8 Å². The highest BCUT2D eigenvalue weighted by molar-refractivity contribution is 7.15. The van der Waals surface area contributed by atoms with Crippen molar-refractivity contribution < 1.29 is 9.84 Å². The molecule has 0 spiro atoms. The molecule has 2 heterocycles. The largest absolute Gasteiger partial charge is 0.485 e. The minimum Gasteiger partial charge on any atom is -0.485 e. The highest BCUT2D eigenvalue weighted by atomic mass is 32.1. The van der Waals surface area contributed by atoms with Gasteiger partial charge in [-0.25, -0.2) is 9.97 Å². The first-order valence-electron chi connectivity index (χ1n) is 10.6. The predicted molar refractivity (Wildman–Crippen MR) is 131 cm³/mol. The van der Waals surface area contributed by atoms with Gasteiger partial charge in [0.15, 0.2) is 11.6 Å². The molecule has 32 heavy (non-hydrogen) atoms. The second-order valence-electron chi connectivity index (χ2n) is 8.26. The molecule has 168 valence electrons. The van der Waals surface area contributed by atoms with E-state index >= 15 is 0 Å². The normalized spacial score (nSPS) is 12.2. The summed E-state index contributed by atoms with van der Waals surface area (Å²) < 4.78 is 5.98. The van der Waals surface area contributed by atoms with Gasteiger partial charge in [-0.3, -0.25) is 0 Å². The van der Waals surface area contributed by atoms with E-state index < -0.39 is 5.60 Å². The minimum absolute atomic E-state index is 0.336. The van der Waals surface area contributed by atoms with Crippen molar-refractivity contribution in [2.75, 3.05) is 19.3 Å². The molecule has 3 aromatic rings. The first kappa shape index (κ1) is 23.7. The molecule has 6 nitrogen and oxygen atoms in total. The average molecular weight is 451 g/mol. The lowest BCUT2D eigenvalue weighted by Gasteiger charge is -2.10. The maximum absolute atomic E-state index is 9.80. The van der Waals surface area contributed by atoms with Crippen molar-refractivity contribution in [1.82, 2.24) is 15.3 Å². The number of aliphatic hydroxyl groups is 1. The number of rotatable bonds is 8. The maximum atomic E-state index is 9.80. The van der Waals surface area contributed by atoms with Crippen LogP contribution in [0, 0.1) is 11.8 Å². The molecule has 0 fully saturated rings. The zero-order valence-electron chi connectivity index (χ0n) is 19.0. The van der Waals surface area contributed by atoms with Gasteiger partial charge in [0.2, 0.25) is 0 Å². The third-order valence-electron chi connectivity index (χ3n) is 4.77. The SMILES string of the molecule is CNCCC(C)c1ncc(-c2cnc(N)c(OCc3cccc(C#CC(C)(C)O)c3)c2)s1. The van der Waals surface area contributed by atoms with Crippen molar-refractivity contribution in [2.45, 2.75) is 45.3 Å². The van der Waals surface area contributed by atoms with Crippen molar-refractivity contribution >= 4 is 17.2 Å². The number of nitrogens with zero attached hydrogens (tertiary/aromatic N) is 2. The van der Waals surface area contributed by atoms with Gasteiger partial charge in [-0.15, -0.1) is 11.3 Å². The van der Waals surface area contributed by atoms with Gasteiger partial charge in [0.25, 0.3) is 0 Å². The Labute approximate surface area is 193 Å². The van der Waals surface area contributed by atoms with Crippen LogP contribution in [0.4, 0.5) is 5.82 Å². The van der Waals surface area contributed by atoms with E-state index in [1.54, 1.807) is 31.4 Å². The highest BCUT2D eigenvalue weighted by Gasteiger charge is 2.13. The number of pyridine rings is 1. The van der Waals surface area contributed by atoms with Gasteiger partial charge in [0.1, 0.15) is 12.2 Å². The van der Waals surface area contributed by atoms with E-state index in [-0.39, 0.29) is 0 Å². The molecule has 1 atom stereocenters. The molecule has 1 aromatic carbocycles. The lowest BCUT2D eigenvalue weighted by atomic mass is 10.1. The van der Waals surface area contributed by atoms with Gasteiger partial charge in [-0.05, 0) is 57.6 Å². The average Bonchev–Trinajstić information content (AvgIpc) is 3.26. The fourth-order valence-electron chi connectivity index (χ4n) is 2.96. The summed E-state index contributed by atoms with van der Waals surface area (Å²) in [6.45, 7) is 6.80. The molecule has 0 saturated carbocycles. The molecule has 0 amide bonds. The zero-order valence-corrected chi connectivity index (χ0v) is 19.8. The van der Waals surface area contributed by atoms with E-state index in [0.717, 1.165) is 39.5 Å². The number of ether oxygens (including phenoxy) is 1. The molecule has 3 rings (SSSR count). The molecule has 0 aliphatic carbocycles. The summed E-state index contributed by atoms with van der Waals surface area (Å²) in [5.41, 5.74) is 7.73. The van der Waals surface area contributed by atoms with E-state index in [1.165, 1.54) is 0 Å². The topological polar surface area (TPSA) is 93.3 Å². The first-order chi connectivity index (χ1) is 15.2. The zero-order chi connectivity index (χ0) is 23.1. The summed E-state index contributed by atoms with van der Waals surface area (Å²) in [4.78, 5) is 9.95. The Morgan fingerprint density at radius 3 is 2.81 bits per heavy atom. The van der Waals surface area contributed by atoms with Crippen LogP contribution in [0.3, 0.4) is 0 Å². The summed E-state index contributed by atoms with van der Waals surface area (Å²) in [5, 5.41) is 14.1. The lowest BCUT2D eigenvalue weighted by Crippen LogP contribution is -2.14. The van der Waals surface area contributed by atoms with Gasteiger partial charge in [-0.2, -0.15) is 0 Å². The molecular weight excluding hydrogens is 420 g/mol. The Morgan fingerprint density at radius 2 is 2.06 bits per heavy atom. The fourth-order valence-corrected chi connectivity index (χ4v) is 3.95. The second kappa shape index (κ2) is 10.6. The van der Waals surface area contributed by atoms with Crippen molar-refractivity contribution in [2.24, 2.45) is 0 Å². The predicted octanol–water partition coefficient (Wildman–Crippen LogP) is 4.20. The van der Waals surface area contributed by atoms with E-state index in [2.05, 4.69) is 34.0 Å². The number of benzene rings is 1. The number of nitrogen functional groups attached to an aromatic ring is 1. The molecule has 0 bridgehead atoms. The van der Waals surface area contributed by atoms with Gasteiger partial charge < -0.3 is 20.9 Å². The maximum Gasteiger partial charge on any atom is 0.166 e. The van der Waals surface area contributed by atoms with Gasteiger partial charge in [0.05, 0.1) is 9.88 Å². The third-order valence-corrected chi connectivity index (χ3v) is 6.05.